The van der Waals surface area contributed by atoms with Crippen molar-refractivity contribution < 1.29 is 0 Å². The second-order valence-corrected chi connectivity index (χ2v) is 17.3. The van der Waals surface area contributed by atoms with Crippen LogP contribution in [0.4, 0.5) is 0 Å². The van der Waals surface area contributed by atoms with E-state index in [0.29, 0.717) is 0 Å². The van der Waals surface area contributed by atoms with Crippen LogP contribution in [0.15, 0.2) is 231 Å². The van der Waals surface area contributed by atoms with Crippen LogP contribution in [0.25, 0.3) is 132 Å². The van der Waals surface area contributed by atoms with Gasteiger partial charge in [-0.2, -0.15) is 0 Å². The maximum Gasteiger partial charge on any atom is 0.0619 e. The number of para-hydroxylation sites is 2. The molecular weight excluding hydrogens is 773 g/mol. The summed E-state index contributed by atoms with van der Waals surface area (Å²) in [4.78, 5) is 0. The lowest BCUT2D eigenvalue weighted by Crippen LogP contribution is -1.95. The Balaban J connectivity index is 0.872. The van der Waals surface area contributed by atoms with E-state index in [4.69, 9.17) is 0 Å². The predicted molar refractivity (Wildman–Crippen MR) is 271 cm³/mol. The zero-order valence-corrected chi connectivity index (χ0v) is 34.8. The van der Waals surface area contributed by atoms with Crippen molar-refractivity contribution >= 4 is 65.2 Å². The van der Waals surface area contributed by atoms with Crippen LogP contribution in [0.1, 0.15) is 0 Å². The predicted octanol–water partition coefficient (Wildman–Crippen LogP) is 16.8. The van der Waals surface area contributed by atoms with E-state index < -0.39 is 0 Å². The molecule has 0 amide bonds. The summed E-state index contributed by atoms with van der Waals surface area (Å²) in [6.07, 6.45) is 0. The first kappa shape index (κ1) is 35.2. The van der Waals surface area contributed by atoms with Crippen LogP contribution in [0, 0.1) is 0 Å². The molecule has 0 atom stereocenters. The smallest absolute Gasteiger partial charge is 0.0619 e. The Labute approximate surface area is 370 Å². The SMILES string of the molecule is c1ccc(-n2c3ccccc3c3ccc(-c4ccc5c(c4)c4ccc6ccccc6c4n5-c4ccc(-c5cccc(-c6ccc7c(c6)-c6cccc8cccc-7c68)c5)cc4)cc32)cc1. The normalized spacial score (nSPS) is 12.1. The molecule has 0 spiro atoms. The second-order valence-electron chi connectivity index (χ2n) is 17.3. The molecule has 0 N–H and O–H groups in total. The summed E-state index contributed by atoms with van der Waals surface area (Å²) >= 11 is 0. The molecule has 1 aliphatic rings. The zero-order valence-electron chi connectivity index (χ0n) is 34.8. The molecule has 0 saturated heterocycles. The van der Waals surface area contributed by atoms with Crippen molar-refractivity contribution in [2.75, 3.05) is 0 Å². The van der Waals surface area contributed by atoms with Gasteiger partial charge < -0.3 is 9.13 Å². The quantitative estimate of drug-likeness (QED) is 0.164. The first-order valence-corrected chi connectivity index (χ1v) is 22.2. The largest absolute Gasteiger partial charge is 0.309 e. The minimum atomic E-state index is 1.14. The van der Waals surface area contributed by atoms with Gasteiger partial charge in [0.15, 0.2) is 0 Å². The van der Waals surface area contributed by atoms with Gasteiger partial charge in [-0.25, -0.2) is 0 Å². The van der Waals surface area contributed by atoms with Crippen molar-refractivity contribution in [2.45, 2.75) is 0 Å². The Hall–Kier alpha value is -8.46. The summed E-state index contributed by atoms with van der Waals surface area (Å²) in [5.74, 6) is 0. The minimum absolute atomic E-state index is 1.14. The van der Waals surface area contributed by atoms with E-state index in [2.05, 4.69) is 240 Å². The number of rotatable bonds is 5. The molecule has 0 radical (unpaired) electrons. The van der Waals surface area contributed by atoms with E-state index in [1.807, 2.05) is 0 Å². The molecule has 2 heteroatoms. The Kier molecular flexibility index (Phi) is 7.43. The van der Waals surface area contributed by atoms with E-state index in [-0.39, 0.29) is 0 Å². The average Bonchev–Trinajstić information content (AvgIpc) is 4.00. The highest BCUT2D eigenvalue weighted by Crippen LogP contribution is 2.48. The third-order valence-electron chi connectivity index (χ3n) is 13.8. The highest BCUT2D eigenvalue weighted by molar-refractivity contribution is 6.20. The van der Waals surface area contributed by atoms with Crippen LogP contribution in [0.3, 0.4) is 0 Å². The van der Waals surface area contributed by atoms with Gasteiger partial charge in [-0.05, 0) is 132 Å². The Morgan fingerprint density at radius 1 is 0.234 bits per heavy atom. The van der Waals surface area contributed by atoms with Crippen LogP contribution in [-0.2, 0) is 0 Å². The molecule has 0 bridgehead atoms. The number of hydrogen-bond donors (Lipinski definition) is 0. The minimum Gasteiger partial charge on any atom is -0.309 e. The first-order chi connectivity index (χ1) is 31.7. The molecular formula is C62H38N2. The molecule has 2 nitrogen and oxygen atoms in total. The highest BCUT2D eigenvalue weighted by Gasteiger charge is 2.22. The molecule has 2 heterocycles. The van der Waals surface area contributed by atoms with E-state index in [1.54, 1.807) is 0 Å². The van der Waals surface area contributed by atoms with Crippen LogP contribution in [-0.4, -0.2) is 9.13 Å². The lowest BCUT2D eigenvalue weighted by atomic mass is 9.95. The molecule has 2 aromatic heterocycles. The van der Waals surface area contributed by atoms with E-state index >= 15 is 0 Å². The number of fused-ring (bicyclic) bond motifs is 11. The monoisotopic (exact) mass is 810 g/mol. The van der Waals surface area contributed by atoms with E-state index in [1.165, 1.54) is 126 Å². The van der Waals surface area contributed by atoms with Crippen molar-refractivity contribution in [3.05, 3.63) is 231 Å². The Bertz CT molecular complexity index is 4050. The summed E-state index contributed by atoms with van der Waals surface area (Å²) < 4.78 is 4.87. The van der Waals surface area contributed by atoms with Gasteiger partial charge in [0.05, 0.1) is 22.1 Å². The lowest BCUT2D eigenvalue weighted by Gasteiger charge is -2.12. The fourth-order valence-corrected chi connectivity index (χ4v) is 10.9. The molecule has 0 aliphatic heterocycles. The van der Waals surface area contributed by atoms with Gasteiger partial charge in [0.2, 0.25) is 0 Å². The molecule has 0 fully saturated rings. The number of nitrogens with zero attached hydrogens (tertiary/aromatic N) is 2. The summed E-state index contributed by atoms with van der Waals surface area (Å²) in [6, 6.07) is 85.3. The van der Waals surface area contributed by atoms with Crippen LogP contribution in [0.5, 0.6) is 0 Å². The highest BCUT2D eigenvalue weighted by atomic mass is 15.0. The third kappa shape index (κ3) is 5.14. The van der Waals surface area contributed by atoms with Gasteiger partial charge in [-0.1, -0.05) is 170 Å². The van der Waals surface area contributed by atoms with Gasteiger partial charge in [0, 0.05) is 38.3 Å². The lowest BCUT2D eigenvalue weighted by molar-refractivity contribution is 1.18. The zero-order chi connectivity index (χ0) is 41.9. The van der Waals surface area contributed by atoms with Gasteiger partial charge >= 0.3 is 0 Å². The van der Waals surface area contributed by atoms with Crippen LogP contribution < -0.4 is 0 Å². The number of hydrogen-bond acceptors (Lipinski definition) is 0. The van der Waals surface area contributed by atoms with Crippen molar-refractivity contribution in [2.24, 2.45) is 0 Å². The molecule has 13 aromatic rings. The number of aromatic nitrogens is 2. The second kappa shape index (κ2) is 13.5. The molecule has 296 valence electrons. The maximum atomic E-state index is 2.47. The molecule has 11 aromatic carbocycles. The van der Waals surface area contributed by atoms with Crippen molar-refractivity contribution in [1.29, 1.82) is 0 Å². The van der Waals surface area contributed by atoms with Gasteiger partial charge in [0.1, 0.15) is 0 Å². The summed E-state index contributed by atoms with van der Waals surface area (Å²) in [6.45, 7) is 0. The fraction of sp³-hybridized carbons (Fsp3) is 0. The summed E-state index contributed by atoms with van der Waals surface area (Å²) in [5.41, 5.74) is 19.7. The van der Waals surface area contributed by atoms with Crippen molar-refractivity contribution in [1.82, 2.24) is 9.13 Å². The van der Waals surface area contributed by atoms with E-state index in [9.17, 15) is 0 Å². The summed E-state index contributed by atoms with van der Waals surface area (Å²) in [5, 5.41) is 10.2. The fourth-order valence-electron chi connectivity index (χ4n) is 10.9. The van der Waals surface area contributed by atoms with Gasteiger partial charge in [-0.15, -0.1) is 0 Å². The first-order valence-electron chi connectivity index (χ1n) is 22.2. The molecule has 1 aliphatic carbocycles. The van der Waals surface area contributed by atoms with Crippen LogP contribution >= 0.6 is 0 Å². The Morgan fingerprint density at radius 3 is 1.67 bits per heavy atom. The standard InChI is InChI=1S/C62H38N2/c1-2-16-47(17-3-1)63-58-22-7-6-19-51(58)52-32-27-46(38-60(52)63)45-28-34-59-57(37-45)55-33-25-40-11-4-5-18-49(40)62(55)64(59)48-29-23-39(24-30-48)42-14-8-15-43(35-42)44-26-31-50-53-20-9-12-41-13-10-21-54(61(41)53)56(50)36-44/h1-38H. The number of benzene rings is 11. The molecule has 14 rings (SSSR count). The van der Waals surface area contributed by atoms with E-state index in [0.717, 1.165) is 5.69 Å². The third-order valence-corrected chi connectivity index (χ3v) is 13.8. The Morgan fingerprint density at radius 2 is 0.812 bits per heavy atom. The van der Waals surface area contributed by atoms with Gasteiger partial charge in [0.25, 0.3) is 0 Å². The van der Waals surface area contributed by atoms with Gasteiger partial charge in [-0.3, -0.25) is 0 Å². The maximum absolute atomic E-state index is 2.47. The molecule has 64 heavy (non-hydrogen) atoms. The average molecular weight is 811 g/mol. The van der Waals surface area contributed by atoms with Crippen LogP contribution in [0.2, 0.25) is 0 Å². The summed E-state index contributed by atoms with van der Waals surface area (Å²) in [7, 11) is 0. The topological polar surface area (TPSA) is 9.86 Å². The van der Waals surface area contributed by atoms with Crippen molar-refractivity contribution in [3.63, 3.8) is 0 Å². The molecule has 0 unspecified atom stereocenters. The molecule has 0 saturated carbocycles. The van der Waals surface area contributed by atoms with Crippen molar-refractivity contribution in [3.8, 4) is 67.0 Å².